The van der Waals surface area contributed by atoms with Crippen molar-refractivity contribution in [3.05, 3.63) is 13.8 Å². The largest absolute Gasteiger partial charge is 1.00 e. The number of rotatable bonds is 10. The average molecular weight is 236 g/mol. The molecule has 0 aliphatic heterocycles. The van der Waals surface area contributed by atoms with E-state index in [4.69, 9.17) is 0 Å². The van der Waals surface area contributed by atoms with Gasteiger partial charge in [0.25, 0.3) is 0 Å². The van der Waals surface area contributed by atoms with Crippen molar-refractivity contribution >= 4 is 0 Å². The maximum absolute atomic E-state index is 3.88. The molecule has 1 nitrogen and oxygen atoms in total. The molecule has 0 aromatic rings. The van der Waals surface area contributed by atoms with Crippen LogP contribution in [0.15, 0.2) is 0 Å². The molecule has 0 fully saturated rings. The summed E-state index contributed by atoms with van der Waals surface area (Å²) in [4.78, 5) is 2.30. The van der Waals surface area contributed by atoms with Gasteiger partial charge in [0.15, 0.2) is 0 Å². The van der Waals surface area contributed by atoms with Crippen molar-refractivity contribution in [2.75, 3.05) is 19.6 Å². The molecule has 0 aromatic carbocycles. The van der Waals surface area contributed by atoms with Crippen molar-refractivity contribution in [2.24, 2.45) is 0 Å². The summed E-state index contributed by atoms with van der Waals surface area (Å²) in [5, 5.41) is 0. The van der Waals surface area contributed by atoms with Gasteiger partial charge in [-0.25, -0.2) is 0 Å². The van der Waals surface area contributed by atoms with Crippen LogP contribution in [-0.2, 0) is 0 Å². The van der Waals surface area contributed by atoms with Crippen LogP contribution in [0, 0.1) is 13.8 Å². The summed E-state index contributed by atoms with van der Waals surface area (Å²) in [6, 6.07) is 0. The van der Waals surface area contributed by atoms with Crippen LogP contribution in [0.1, 0.15) is 51.9 Å². The standard InChI is InChI=1S/C13H27N.K/c1-4-7-8-9-10-11-12-13-14(5-2)6-3;/h2-13H2,1H3;/q-2;+1. The first-order valence-electron chi connectivity index (χ1n) is 6.16. The van der Waals surface area contributed by atoms with Crippen molar-refractivity contribution in [3.8, 4) is 0 Å². The Balaban J connectivity index is 0. The SMILES string of the molecule is [CH2-]CN(C[CH2-])CCCCCCCCC.[K+]. The van der Waals surface area contributed by atoms with E-state index in [1.165, 1.54) is 51.5 Å². The fraction of sp³-hybridized carbons (Fsp3) is 0.846. The molecule has 0 saturated carbocycles. The smallest absolute Gasteiger partial charge is 0.363 e. The van der Waals surface area contributed by atoms with Gasteiger partial charge in [0.05, 0.1) is 0 Å². The monoisotopic (exact) mass is 236 g/mol. The second kappa shape index (κ2) is 15.6. The molecule has 0 heterocycles. The van der Waals surface area contributed by atoms with Crippen LogP contribution in [0.4, 0.5) is 0 Å². The van der Waals surface area contributed by atoms with Gasteiger partial charge in [-0.05, 0) is 13.0 Å². The molecule has 0 rings (SSSR count). The van der Waals surface area contributed by atoms with E-state index >= 15 is 0 Å². The average Bonchev–Trinajstić information content (AvgIpc) is 2.22. The van der Waals surface area contributed by atoms with Gasteiger partial charge in [0.2, 0.25) is 0 Å². The third kappa shape index (κ3) is 13.5. The predicted octanol–water partition coefficient (Wildman–Crippen LogP) is 0.711. The molecule has 0 atom stereocenters. The van der Waals surface area contributed by atoms with Crippen molar-refractivity contribution in [1.82, 2.24) is 4.90 Å². The van der Waals surface area contributed by atoms with Crippen molar-refractivity contribution < 1.29 is 51.4 Å². The molecule has 0 amide bonds. The first-order valence-corrected chi connectivity index (χ1v) is 6.16. The van der Waals surface area contributed by atoms with Crippen molar-refractivity contribution in [2.45, 2.75) is 51.9 Å². The molecule has 2 heteroatoms. The summed E-state index contributed by atoms with van der Waals surface area (Å²) in [6.45, 7) is 13.0. The van der Waals surface area contributed by atoms with Crippen molar-refractivity contribution in [3.63, 3.8) is 0 Å². The van der Waals surface area contributed by atoms with Crippen LogP contribution >= 0.6 is 0 Å². The van der Waals surface area contributed by atoms with Gasteiger partial charge in [-0.1, -0.05) is 45.4 Å². The minimum Gasteiger partial charge on any atom is -0.363 e. The molecule has 0 saturated heterocycles. The Hall–Kier alpha value is 1.60. The minimum absolute atomic E-state index is 0. The van der Waals surface area contributed by atoms with E-state index in [2.05, 4.69) is 25.7 Å². The van der Waals surface area contributed by atoms with E-state index < -0.39 is 0 Å². The zero-order valence-electron chi connectivity index (χ0n) is 10.9. The summed E-state index contributed by atoms with van der Waals surface area (Å²) in [5.41, 5.74) is 0. The second-order valence-electron chi connectivity index (χ2n) is 3.96. The fourth-order valence-electron chi connectivity index (χ4n) is 1.63. The number of unbranched alkanes of at least 4 members (excludes halogenated alkanes) is 6. The van der Waals surface area contributed by atoms with E-state index in [0.717, 1.165) is 13.1 Å². The van der Waals surface area contributed by atoms with E-state index in [9.17, 15) is 0 Å². The number of hydrogen-bond acceptors (Lipinski definition) is 1. The van der Waals surface area contributed by atoms with E-state index in [1.54, 1.807) is 0 Å². The normalized spacial score (nSPS) is 10.4. The first-order chi connectivity index (χ1) is 6.85. The van der Waals surface area contributed by atoms with Gasteiger partial charge in [-0.15, -0.1) is 13.1 Å². The zero-order valence-corrected chi connectivity index (χ0v) is 14.1. The van der Waals surface area contributed by atoms with Gasteiger partial charge in [0, 0.05) is 0 Å². The quantitative estimate of drug-likeness (QED) is 0.307. The van der Waals surface area contributed by atoms with Crippen LogP contribution < -0.4 is 51.4 Å². The van der Waals surface area contributed by atoms with Crippen LogP contribution in [0.2, 0.25) is 0 Å². The fourth-order valence-corrected chi connectivity index (χ4v) is 1.63. The molecular weight excluding hydrogens is 209 g/mol. The molecule has 0 aliphatic rings. The third-order valence-electron chi connectivity index (χ3n) is 2.71. The maximum Gasteiger partial charge on any atom is 1.00 e. The Bertz CT molecular complexity index is 103. The Morgan fingerprint density at radius 3 is 1.73 bits per heavy atom. The summed E-state index contributed by atoms with van der Waals surface area (Å²) in [7, 11) is 0. The van der Waals surface area contributed by atoms with Gasteiger partial charge in [0.1, 0.15) is 0 Å². The van der Waals surface area contributed by atoms with Gasteiger partial charge < -0.3 is 18.7 Å². The molecule has 0 bridgehead atoms. The summed E-state index contributed by atoms with van der Waals surface area (Å²) >= 11 is 0. The van der Waals surface area contributed by atoms with Crippen LogP contribution in [0.3, 0.4) is 0 Å². The summed E-state index contributed by atoms with van der Waals surface area (Å²) in [5.74, 6) is 0. The van der Waals surface area contributed by atoms with Crippen LogP contribution in [0.5, 0.6) is 0 Å². The molecular formula is C13H27KN-. The molecule has 15 heavy (non-hydrogen) atoms. The summed E-state index contributed by atoms with van der Waals surface area (Å²) < 4.78 is 0. The zero-order chi connectivity index (χ0) is 10.6. The third-order valence-corrected chi connectivity index (χ3v) is 2.71. The van der Waals surface area contributed by atoms with E-state index in [1.807, 2.05) is 0 Å². The van der Waals surface area contributed by atoms with E-state index in [0.29, 0.717) is 0 Å². The Labute approximate surface area is 140 Å². The Kier molecular flexibility index (Phi) is 19.7. The van der Waals surface area contributed by atoms with Gasteiger partial charge in [-0.3, -0.25) is 0 Å². The Morgan fingerprint density at radius 1 is 0.800 bits per heavy atom. The maximum atomic E-state index is 3.88. The topological polar surface area (TPSA) is 3.24 Å². The molecule has 0 aliphatic carbocycles. The first kappa shape index (κ1) is 18.9. The molecule has 0 N–H and O–H groups in total. The molecule has 0 unspecified atom stereocenters. The van der Waals surface area contributed by atoms with Gasteiger partial charge in [-0.2, -0.15) is 0 Å². The van der Waals surface area contributed by atoms with Gasteiger partial charge >= 0.3 is 51.4 Å². The Morgan fingerprint density at radius 2 is 1.27 bits per heavy atom. The van der Waals surface area contributed by atoms with E-state index in [-0.39, 0.29) is 51.4 Å². The minimum atomic E-state index is 0. The predicted molar refractivity (Wildman–Crippen MR) is 65.1 cm³/mol. The number of nitrogens with zero attached hydrogens (tertiary/aromatic N) is 1. The van der Waals surface area contributed by atoms with Crippen LogP contribution in [0.25, 0.3) is 0 Å². The molecule has 0 aromatic heterocycles. The van der Waals surface area contributed by atoms with Crippen LogP contribution in [-0.4, -0.2) is 24.5 Å². The molecule has 0 spiro atoms. The molecule has 86 valence electrons. The number of hydrogen-bond donors (Lipinski definition) is 0. The second-order valence-corrected chi connectivity index (χ2v) is 3.96. The summed E-state index contributed by atoms with van der Waals surface area (Å²) in [6.07, 6.45) is 9.69. The van der Waals surface area contributed by atoms with Crippen molar-refractivity contribution in [1.29, 1.82) is 0 Å². The molecule has 0 radical (unpaired) electrons.